The van der Waals surface area contributed by atoms with Crippen molar-refractivity contribution in [2.75, 3.05) is 5.32 Å². The number of carbonyl (C=O) groups is 2. The second-order valence-electron chi connectivity index (χ2n) is 3.37. The molecule has 0 saturated carbocycles. The molecular formula is C11H7IN2O4. The minimum Gasteiger partial charge on any atom is -0.478 e. The van der Waals surface area contributed by atoms with Crippen molar-refractivity contribution < 1.29 is 19.2 Å². The lowest BCUT2D eigenvalue weighted by Gasteiger charge is -2.05. The van der Waals surface area contributed by atoms with Crippen molar-refractivity contribution in [3.8, 4) is 0 Å². The monoisotopic (exact) mass is 358 g/mol. The third-order valence-corrected chi connectivity index (χ3v) is 2.70. The molecule has 0 radical (unpaired) electrons. The van der Waals surface area contributed by atoms with Crippen molar-refractivity contribution >= 4 is 40.2 Å². The van der Waals surface area contributed by atoms with Crippen LogP contribution in [0.4, 0.5) is 5.69 Å². The van der Waals surface area contributed by atoms with Crippen LogP contribution in [0.5, 0.6) is 0 Å². The molecule has 0 aliphatic carbocycles. The number of hydrogen-bond donors (Lipinski definition) is 2. The Morgan fingerprint density at radius 2 is 2.11 bits per heavy atom. The summed E-state index contributed by atoms with van der Waals surface area (Å²) >= 11 is 1.98. The van der Waals surface area contributed by atoms with Crippen LogP contribution in [0.3, 0.4) is 0 Å². The van der Waals surface area contributed by atoms with E-state index in [2.05, 4.69) is 15.0 Å². The number of nitrogens with one attached hydrogen (secondary N) is 1. The van der Waals surface area contributed by atoms with E-state index >= 15 is 0 Å². The summed E-state index contributed by atoms with van der Waals surface area (Å²) in [5.74, 6) is -1.51. The Hall–Kier alpha value is -1.90. The van der Waals surface area contributed by atoms with Crippen LogP contribution in [-0.4, -0.2) is 22.1 Å². The molecule has 1 aromatic carbocycles. The van der Waals surface area contributed by atoms with Crippen LogP contribution in [0.15, 0.2) is 35.1 Å². The topological polar surface area (TPSA) is 92.4 Å². The van der Waals surface area contributed by atoms with Gasteiger partial charge in [-0.05, 0) is 40.8 Å². The van der Waals surface area contributed by atoms with Gasteiger partial charge in [0.15, 0.2) is 5.69 Å². The van der Waals surface area contributed by atoms with Gasteiger partial charge in [0, 0.05) is 15.3 Å². The van der Waals surface area contributed by atoms with E-state index in [0.29, 0.717) is 9.26 Å². The van der Waals surface area contributed by atoms with Gasteiger partial charge in [-0.1, -0.05) is 5.16 Å². The molecule has 18 heavy (non-hydrogen) atoms. The summed E-state index contributed by atoms with van der Waals surface area (Å²) in [6, 6.07) is 5.96. The average Bonchev–Trinajstić information content (AvgIpc) is 2.81. The molecule has 1 amide bonds. The van der Waals surface area contributed by atoms with E-state index in [1.807, 2.05) is 22.6 Å². The molecule has 0 aliphatic heterocycles. The highest BCUT2D eigenvalue weighted by atomic mass is 127. The van der Waals surface area contributed by atoms with Gasteiger partial charge < -0.3 is 14.9 Å². The number of benzene rings is 1. The first-order valence-corrected chi connectivity index (χ1v) is 5.90. The second kappa shape index (κ2) is 5.17. The van der Waals surface area contributed by atoms with Crippen LogP contribution < -0.4 is 5.32 Å². The number of halogens is 1. The number of nitrogens with zero attached hydrogens (tertiary/aromatic N) is 1. The van der Waals surface area contributed by atoms with Crippen molar-refractivity contribution in [2.24, 2.45) is 0 Å². The molecule has 0 fully saturated rings. The highest BCUT2D eigenvalue weighted by Gasteiger charge is 2.11. The van der Waals surface area contributed by atoms with Gasteiger partial charge in [0.1, 0.15) is 6.26 Å². The molecular weight excluding hydrogens is 351 g/mol. The number of carbonyl (C=O) groups excluding carboxylic acids is 1. The van der Waals surface area contributed by atoms with Gasteiger partial charge in [-0.15, -0.1) is 0 Å². The third-order valence-electron chi connectivity index (χ3n) is 2.07. The van der Waals surface area contributed by atoms with Gasteiger partial charge in [-0.2, -0.15) is 0 Å². The van der Waals surface area contributed by atoms with E-state index in [0.717, 1.165) is 0 Å². The Morgan fingerprint density at radius 1 is 1.33 bits per heavy atom. The quantitative estimate of drug-likeness (QED) is 0.821. The van der Waals surface area contributed by atoms with Crippen molar-refractivity contribution in [1.29, 1.82) is 0 Å². The minimum absolute atomic E-state index is 0.109. The fourth-order valence-electron chi connectivity index (χ4n) is 1.31. The molecule has 0 spiro atoms. The predicted molar refractivity (Wildman–Crippen MR) is 70.6 cm³/mol. The summed E-state index contributed by atoms with van der Waals surface area (Å²) in [6.45, 7) is 0. The maximum Gasteiger partial charge on any atom is 0.335 e. The molecule has 1 aromatic heterocycles. The summed E-state index contributed by atoms with van der Waals surface area (Å²) in [4.78, 5) is 22.6. The Labute approximate surface area is 115 Å². The predicted octanol–water partition coefficient (Wildman–Crippen LogP) is 2.23. The maximum atomic E-state index is 11.7. The smallest absolute Gasteiger partial charge is 0.335 e. The number of hydrogen-bond acceptors (Lipinski definition) is 4. The molecule has 2 N–H and O–H groups in total. The lowest BCUT2D eigenvalue weighted by atomic mass is 10.2. The number of aromatic nitrogens is 1. The van der Waals surface area contributed by atoms with Gasteiger partial charge in [-0.25, -0.2) is 4.79 Å². The van der Waals surface area contributed by atoms with E-state index in [1.165, 1.54) is 24.5 Å². The summed E-state index contributed by atoms with van der Waals surface area (Å²) in [6.07, 6.45) is 1.28. The van der Waals surface area contributed by atoms with Gasteiger partial charge in [0.05, 0.1) is 5.56 Å². The van der Waals surface area contributed by atoms with E-state index in [-0.39, 0.29) is 11.3 Å². The van der Waals surface area contributed by atoms with E-state index < -0.39 is 11.9 Å². The SMILES string of the molecule is O=C(O)c1cc(I)cc(NC(=O)c2ccon2)c1. The number of amides is 1. The molecule has 0 unspecified atom stereocenters. The molecule has 6 nitrogen and oxygen atoms in total. The number of rotatable bonds is 3. The van der Waals surface area contributed by atoms with Gasteiger partial charge in [0.25, 0.3) is 5.91 Å². The zero-order chi connectivity index (χ0) is 13.1. The molecule has 7 heteroatoms. The largest absolute Gasteiger partial charge is 0.478 e. The summed E-state index contributed by atoms with van der Waals surface area (Å²) in [5.41, 5.74) is 0.635. The van der Waals surface area contributed by atoms with Crippen molar-refractivity contribution in [3.05, 3.63) is 45.4 Å². The van der Waals surface area contributed by atoms with E-state index in [9.17, 15) is 9.59 Å². The highest BCUT2D eigenvalue weighted by Crippen LogP contribution is 2.17. The molecule has 0 atom stereocenters. The number of carboxylic acids is 1. The highest BCUT2D eigenvalue weighted by molar-refractivity contribution is 14.1. The zero-order valence-electron chi connectivity index (χ0n) is 8.88. The summed E-state index contributed by atoms with van der Waals surface area (Å²) < 4.78 is 5.26. The van der Waals surface area contributed by atoms with Crippen molar-refractivity contribution in [1.82, 2.24) is 5.16 Å². The van der Waals surface area contributed by atoms with Crippen molar-refractivity contribution in [2.45, 2.75) is 0 Å². The van der Waals surface area contributed by atoms with Gasteiger partial charge >= 0.3 is 5.97 Å². The normalized spacial score (nSPS) is 10.1. The first-order valence-electron chi connectivity index (χ1n) is 4.82. The van der Waals surface area contributed by atoms with Gasteiger partial charge in [-0.3, -0.25) is 4.79 Å². The van der Waals surface area contributed by atoms with Crippen molar-refractivity contribution in [3.63, 3.8) is 0 Å². The van der Waals surface area contributed by atoms with Gasteiger partial charge in [0.2, 0.25) is 0 Å². The first kappa shape index (κ1) is 12.6. The molecule has 92 valence electrons. The van der Waals surface area contributed by atoms with E-state index in [1.54, 1.807) is 6.07 Å². The summed E-state index contributed by atoms with van der Waals surface area (Å²) in [7, 11) is 0. The van der Waals surface area contributed by atoms with Crippen LogP contribution >= 0.6 is 22.6 Å². The molecule has 2 aromatic rings. The average molecular weight is 358 g/mol. The standard InChI is InChI=1S/C11H7IN2O4/c12-7-3-6(11(16)17)4-8(5-7)13-10(15)9-1-2-18-14-9/h1-5H,(H,13,15)(H,16,17). The Morgan fingerprint density at radius 3 is 2.72 bits per heavy atom. The maximum absolute atomic E-state index is 11.7. The van der Waals surface area contributed by atoms with Crippen LogP contribution in [0.25, 0.3) is 0 Å². The van der Waals surface area contributed by atoms with Crippen LogP contribution in [-0.2, 0) is 0 Å². The Bertz CT molecular complexity index is 595. The number of aromatic carboxylic acids is 1. The number of carboxylic acid groups (broad SMARTS) is 1. The second-order valence-corrected chi connectivity index (χ2v) is 4.62. The molecule has 2 rings (SSSR count). The lowest BCUT2D eigenvalue weighted by Crippen LogP contribution is -2.13. The number of anilines is 1. The zero-order valence-corrected chi connectivity index (χ0v) is 11.0. The fourth-order valence-corrected chi connectivity index (χ4v) is 1.98. The Balaban J connectivity index is 2.24. The van der Waals surface area contributed by atoms with Crippen LogP contribution in [0, 0.1) is 3.57 Å². The fraction of sp³-hybridized carbons (Fsp3) is 0. The lowest BCUT2D eigenvalue weighted by molar-refractivity contribution is 0.0696. The minimum atomic E-state index is -1.05. The Kier molecular flexibility index (Phi) is 3.60. The first-order chi connectivity index (χ1) is 8.56. The molecule has 0 bridgehead atoms. The molecule has 0 aliphatic rings. The third kappa shape index (κ3) is 2.86. The molecule has 0 saturated heterocycles. The molecule has 1 heterocycles. The van der Waals surface area contributed by atoms with Crippen LogP contribution in [0.2, 0.25) is 0 Å². The van der Waals surface area contributed by atoms with E-state index in [4.69, 9.17) is 5.11 Å². The van der Waals surface area contributed by atoms with Crippen LogP contribution in [0.1, 0.15) is 20.8 Å². The summed E-state index contributed by atoms with van der Waals surface area (Å²) in [5, 5.41) is 14.9.